The van der Waals surface area contributed by atoms with Gasteiger partial charge in [0.05, 0.1) is 11.7 Å². The van der Waals surface area contributed by atoms with Crippen molar-refractivity contribution in [3.63, 3.8) is 0 Å². The van der Waals surface area contributed by atoms with E-state index in [1.165, 1.54) is 0 Å². The van der Waals surface area contributed by atoms with Crippen LogP contribution in [0.3, 0.4) is 0 Å². The smallest absolute Gasteiger partial charge is 0.241 e. The lowest BCUT2D eigenvalue weighted by Crippen LogP contribution is -2.40. The Hall–Kier alpha value is -1.62. The van der Waals surface area contributed by atoms with Crippen LogP contribution in [0, 0.1) is 5.92 Å². The molecule has 2 atom stereocenters. The van der Waals surface area contributed by atoms with Gasteiger partial charge in [-0.2, -0.15) is 0 Å². The number of nitrogens with two attached hydrogens (primary N) is 1. The summed E-state index contributed by atoms with van der Waals surface area (Å²) in [6.07, 6.45) is 2.57. The van der Waals surface area contributed by atoms with Gasteiger partial charge in [-0.05, 0) is 18.1 Å². The van der Waals surface area contributed by atoms with E-state index in [2.05, 4.69) is 10.3 Å². The van der Waals surface area contributed by atoms with Gasteiger partial charge >= 0.3 is 0 Å². The van der Waals surface area contributed by atoms with Crippen molar-refractivity contribution >= 4 is 17.4 Å². The molecule has 1 heterocycles. The summed E-state index contributed by atoms with van der Waals surface area (Å²) in [4.78, 5) is 18.1. The standard InChI is InChI=1S/C13H22N4O/c1-5-9(2)11(14)13(18)16-10-7-6-8-15-12(10)17(3)4/h6-9,11H,5,14H2,1-4H3,(H,16,18)/t9-,11-/m0/s1. The molecular weight excluding hydrogens is 228 g/mol. The average molecular weight is 250 g/mol. The van der Waals surface area contributed by atoms with Crippen LogP contribution in [0.4, 0.5) is 11.5 Å². The molecule has 0 aromatic carbocycles. The van der Waals surface area contributed by atoms with Gasteiger partial charge in [0, 0.05) is 20.3 Å². The first-order chi connectivity index (χ1) is 8.47. The van der Waals surface area contributed by atoms with Crippen LogP contribution in [0.1, 0.15) is 20.3 Å². The summed E-state index contributed by atoms with van der Waals surface area (Å²) in [6, 6.07) is 3.12. The molecule has 100 valence electrons. The number of carbonyl (C=O) groups excluding carboxylic acids is 1. The Labute approximate surface area is 108 Å². The van der Waals surface area contributed by atoms with Crippen LogP contribution >= 0.6 is 0 Å². The number of anilines is 2. The summed E-state index contributed by atoms with van der Waals surface area (Å²) in [7, 11) is 3.76. The van der Waals surface area contributed by atoms with E-state index >= 15 is 0 Å². The van der Waals surface area contributed by atoms with E-state index in [1.54, 1.807) is 12.3 Å². The van der Waals surface area contributed by atoms with E-state index < -0.39 is 6.04 Å². The summed E-state index contributed by atoms with van der Waals surface area (Å²) in [6.45, 7) is 3.99. The molecule has 18 heavy (non-hydrogen) atoms. The topological polar surface area (TPSA) is 71.2 Å². The molecule has 0 saturated carbocycles. The third-order valence-electron chi connectivity index (χ3n) is 3.03. The Morgan fingerprint density at radius 3 is 2.78 bits per heavy atom. The molecule has 0 aliphatic carbocycles. The molecule has 0 radical (unpaired) electrons. The van der Waals surface area contributed by atoms with E-state index in [-0.39, 0.29) is 11.8 Å². The minimum atomic E-state index is -0.495. The van der Waals surface area contributed by atoms with Crippen LogP contribution in [-0.4, -0.2) is 31.0 Å². The van der Waals surface area contributed by atoms with Gasteiger partial charge in [0.1, 0.15) is 0 Å². The SMILES string of the molecule is CC[C@H](C)[C@H](N)C(=O)Nc1cccnc1N(C)C. The second-order valence-corrected chi connectivity index (χ2v) is 4.67. The highest BCUT2D eigenvalue weighted by atomic mass is 16.2. The largest absolute Gasteiger partial charge is 0.361 e. The van der Waals surface area contributed by atoms with Gasteiger partial charge in [-0.3, -0.25) is 4.79 Å². The van der Waals surface area contributed by atoms with Crippen molar-refractivity contribution in [3.8, 4) is 0 Å². The maximum absolute atomic E-state index is 12.0. The van der Waals surface area contributed by atoms with Crippen LogP contribution in [-0.2, 0) is 4.79 Å². The second kappa shape index (κ2) is 6.35. The van der Waals surface area contributed by atoms with E-state index in [1.807, 2.05) is 38.9 Å². The summed E-state index contributed by atoms with van der Waals surface area (Å²) in [5.74, 6) is 0.715. The average Bonchev–Trinajstić information content (AvgIpc) is 2.37. The third kappa shape index (κ3) is 3.43. The highest BCUT2D eigenvalue weighted by molar-refractivity contribution is 5.97. The van der Waals surface area contributed by atoms with E-state index in [0.29, 0.717) is 5.69 Å². The Bertz CT molecular complexity index is 406. The summed E-state index contributed by atoms with van der Waals surface area (Å²) in [5, 5.41) is 2.84. The van der Waals surface area contributed by atoms with E-state index in [4.69, 9.17) is 5.73 Å². The highest BCUT2D eigenvalue weighted by Gasteiger charge is 2.20. The number of nitrogens with zero attached hydrogens (tertiary/aromatic N) is 2. The Morgan fingerprint density at radius 2 is 2.22 bits per heavy atom. The number of hydrogen-bond acceptors (Lipinski definition) is 4. The van der Waals surface area contributed by atoms with Crippen LogP contribution in [0.15, 0.2) is 18.3 Å². The summed E-state index contributed by atoms with van der Waals surface area (Å²) >= 11 is 0. The molecule has 0 bridgehead atoms. The van der Waals surface area contributed by atoms with Crippen LogP contribution in [0.25, 0.3) is 0 Å². The molecule has 1 rings (SSSR count). The lowest BCUT2D eigenvalue weighted by Gasteiger charge is -2.20. The molecule has 1 amide bonds. The van der Waals surface area contributed by atoms with Gasteiger partial charge in [-0.1, -0.05) is 20.3 Å². The van der Waals surface area contributed by atoms with Crippen molar-refractivity contribution in [2.75, 3.05) is 24.3 Å². The molecular formula is C13H22N4O. The van der Waals surface area contributed by atoms with Crippen molar-refractivity contribution in [3.05, 3.63) is 18.3 Å². The predicted octanol–water partition coefficient (Wildman–Crippen LogP) is 1.46. The van der Waals surface area contributed by atoms with E-state index in [9.17, 15) is 4.79 Å². The minimum Gasteiger partial charge on any atom is -0.361 e. The molecule has 0 spiro atoms. The number of aromatic nitrogens is 1. The first-order valence-electron chi connectivity index (χ1n) is 6.16. The number of rotatable bonds is 5. The molecule has 1 aromatic rings. The zero-order valence-electron chi connectivity index (χ0n) is 11.5. The maximum atomic E-state index is 12.0. The van der Waals surface area contributed by atoms with Crippen molar-refractivity contribution < 1.29 is 4.79 Å². The first kappa shape index (κ1) is 14.4. The monoisotopic (exact) mass is 250 g/mol. The normalized spacial score (nSPS) is 13.8. The minimum absolute atomic E-state index is 0.157. The summed E-state index contributed by atoms with van der Waals surface area (Å²) in [5.41, 5.74) is 6.59. The molecule has 5 nitrogen and oxygen atoms in total. The first-order valence-corrected chi connectivity index (χ1v) is 6.16. The fraction of sp³-hybridized carbons (Fsp3) is 0.538. The zero-order chi connectivity index (χ0) is 13.7. The zero-order valence-corrected chi connectivity index (χ0v) is 11.5. The van der Waals surface area contributed by atoms with Crippen molar-refractivity contribution in [1.29, 1.82) is 0 Å². The fourth-order valence-corrected chi connectivity index (χ4v) is 1.58. The van der Waals surface area contributed by atoms with Gasteiger partial charge in [0.2, 0.25) is 5.91 Å². The van der Waals surface area contributed by atoms with Crippen molar-refractivity contribution in [1.82, 2.24) is 4.98 Å². The maximum Gasteiger partial charge on any atom is 0.241 e. The number of carbonyl (C=O) groups is 1. The number of nitrogens with one attached hydrogen (secondary N) is 1. The number of amides is 1. The lowest BCUT2D eigenvalue weighted by molar-refractivity contribution is -0.118. The van der Waals surface area contributed by atoms with Gasteiger partial charge in [-0.15, -0.1) is 0 Å². The van der Waals surface area contributed by atoms with E-state index in [0.717, 1.165) is 12.2 Å². The Morgan fingerprint density at radius 1 is 1.56 bits per heavy atom. The quantitative estimate of drug-likeness (QED) is 0.830. The van der Waals surface area contributed by atoms with Crippen molar-refractivity contribution in [2.24, 2.45) is 11.7 Å². The number of hydrogen-bond donors (Lipinski definition) is 2. The van der Waals surface area contributed by atoms with Crippen LogP contribution < -0.4 is 16.0 Å². The highest BCUT2D eigenvalue weighted by Crippen LogP contribution is 2.21. The third-order valence-corrected chi connectivity index (χ3v) is 3.03. The Kier molecular flexibility index (Phi) is 5.09. The molecule has 1 aromatic heterocycles. The Balaban J connectivity index is 2.82. The molecule has 0 saturated heterocycles. The number of pyridine rings is 1. The molecule has 0 unspecified atom stereocenters. The van der Waals surface area contributed by atoms with Gasteiger partial charge in [-0.25, -0.2) is 4.98 Å². The molecule has 3 N–H and O–H groups in total. The molecule has 0 aliphatic rings. The van der Waals surface area contributed by atoms with Gasteiger partial charge in [0.15, 0.2) is 5.82 Å². The molecule has 0 fully saturated rings. The summed E-state index contributed by atoms with van der Waals surface area (Å²) < 4.78 is 0. The molecule has 0 aliphatic heterocycles. The van der Waals surface area contributed by atoms with Crippen LogP contribution in [0.5, 0.6) is 0 Å². The van der Waals surface area contributed by atoms with Gasteiger partial charge in [0.25, 0.3) is 0 Å². The van der Waals surface area contributed by atoms with Crippen LogP contribution in [0.2, 0.25) is 0 Å². The van der Waals surface area contributed by atoms with Crippen molar-refractivity contribution in [2.45, 2.75) is 26.3 Å². The van der Waals surface area contributed by atoms with Gasteiger partial charge < -0.3 is 16.0 Å². The molecule has 5 heteroatoms. The lowest BCUT2D eigenvalue weighted by atomic mass is 9.99. The predicted molar refractivity (Wildman–Crippen MR) is 74.6 cm³/mol. The second-order valence-electron chi connectivity index (χ2n) is 4.67. The fourth-order valence-electron chi connectivity index (χ4n) is 1.58.